The van der Waals surface area contributed by atoms with Crippen molar-refractivity contribution >= 4 is 27.5 Å². The van der Waals surface area contributed by atoms with E-state index in [0.29, 0.717) is 17.1 Å². The van der Waals surface area contributed by atoms with Crippen molar-refractivity contribution in [2.75, 3.05) is 30.4 Å². The predicted molar refractivity (Wildman–Crippen MR) is 95.7 cm³/mol. The first-order valence-electron chi connectivity index (χ1n) is 7.55. The lowest BCUT2D eigenvalue weighted by molar-refractivity contribution is 0.168. The van der Waals surface area contributed by atoms with Gasteiger partial charge in [-0.05, 0) is 55.5 Å². The Morgan fingerprint density at radius 1 is 1.08 bits per heavy atom. The van der Waals surface area contributed by atoms with E-state index in [9.17, 15) is 13.2 Å². The molecular formula is C17H20N2O5S. The highest BCUT2D eigenvalue weighted by Crippen LogP contribution is 2.25. The Morgan fingerprint density at radius 2 is 1.68 bits per heavy atom. The molecule has 1 N–H and O–H groups in total. The van der Waals surface area contributed by atoms with Crippen LogP contribution in [0.5, 0.6) is 5.75 Å². The fraction of sp³-hybridized carbons (Fsp3) is 0.235. The van der Waals surface area contributed by atoms with Crippen molar-refractivity contribution in [3.05, 3.63) is 48.5 Å². The second-order valence-corrected chi connectivity index (χ2v) is 7.01. The molecule has 0 heterocycles. The number of amides is 1. The van der Waals surface area contributed by atoms with Gasteiger partial charge in [-0.2, -0.15) is 0 Å². The summed E-state index contributed by atoms with van der Waals surface area (Å²) < 4.78 is 36.4. The predicted octanol–water partition coefficient (Wildman–Crippen LogP) is 3.09. The molecule has 0 saturated carbocycles. The minimum Gasteiger partial charge on any atom is -0.497 e. The summed E-state index contributed by atoms with van der Waals surface area (Å²) in [4.78, 5) is 11.5. The molecule has 0 saturated heterocycles. The fourth-order valence-electron chi connectivity index (χ4n) is 2.08. The molecule has 0 aliphatic carbocycles. The highest BCUT2D eigenvalue weighted by atomic mass is 32.2. The summed E-state index contributed by atoms with van der Waals surface area (Å²) in [5, 5.41) is 2.51. The zero-order chi connectivity index (χ0) is 18.4. The van der Waals surface area contributed by atoms with Crippen LogP contribution in [0, 0.1) is 0 Å². The summed E-state index contributed by atoms with van der Waals surface area (Å²) >= 11 is 0. The van der Waals surface area contributed by atoms with Crippen molar-refractivity contribution in [2.24, 2.45) is 0 Å². The molecule has 0 radical (unpaired) electrons. The number of benzene rings is 2. The highest BCUT2D eigenvalue weighted by Gasteiger charge is 2.21. The number of methoxy groups -OCH3 is 1. The molecular weight excluding hydrogens is 344 g/mol. The normalized spacial score (nSPS) is 10.8. The first-order chi connectivity index (χ1) is 11.9. The van der Waals surface area contributed by atoms with Gasteiger partial charge in [0.05, 0.1) is 24.3 Å². The maximum atomic E-state index is 12.7. The van der Waals surface area contributed by atoms with Gasteiger partial charge in [-0.15, -0.1) is 0 Å². The Hall–Kier alpha value is -2.74. The van der Waals surface area contributed by atoms with E-state index < -0.39 is 16.1 Å². The van der Waals surface area contributed by atoms with Gasteiger partial charge >= 0.3 is 6.09 Å². The van der Waals surface area contributed by atoms with Crippen LogP contribution in [-0.2, 0) is 14.8 Å². The van der Waals surface area contributed by atoms with Gasteiger partial charge in [-0.1, -0.05) is 0 Å². The van der Waals surface area contributed by atoms with Crippen molar-refractivity contribution in [3.63, 3.8) is 0 Å². The third kappa shape index (κ3) is 4.42. The van der Waals surface area contributed by atoms with E-state index in [1.807, 2.05) is 0 Å². The lowest BCUT2D eigenvalue weighted by Gasteiger charge is -2.20. The number of nitrogens with one attached hydrogen (secondary N) is 1. The standard InChI is InChI=1S/C17H20N2O5S/c1-4-24-17(20)18-13-5-11-16(12-6-13)25(21,22)19(2)14-7-9-15(23-3)10-8-14/h5-12H,4H2,1-3H3,(H,18,20). The number of hydrogen-bond acceptors (Lipinski definition) is 5. The van der Waals surface area contributed by atoms with Gasteiger partial charge in [0.25, 0.3) is 10.0 Å². The zero-order valence-electron chi connectivity index (χ0n) is 14.2. The Balaban J connectivity index is 2.18. The second-order valence-electron chi connectivity index (χ2n) is 5.04. The van der Waals surface area contributed by atoms with E-state index >= 15 is 0 Å². The van der Waals surface area contributed by atoms with E-state index in [-0.39, 0.29) is 11.5 Å². The van der Waals surface area contributed by atoms with E-state index in [1.54, 1.807) is 38.3 Å². The molecule has 8 heteroatoms. The fourth-order valence-corrected chi connectivity index (χ4v) is 3.28. The van der Waals surface area contributed by atoms with E-state index in [4.69, 9.17) is 9.47 Å². The molecule has 0 spiro atoms. The lowest BCUT2D eigenvalue weighted by atomic mass is 10.3. The zero-order valence-corrected chi connectivity index (χ0v) is 15.0. The van der Waals surface area contributed by atoms with Crippen molar-refractivity contribution in [1.29, 1.82) is 0 Å². The van der Waals surface area contributed by atoms with Crippen LogP contribution in [0.2, 0.25) is 0 Å². The number of anilines is 2. The molecule has 134 valence electrons. The minimum absolute atomic E-state index is 0.111. The summed E-state index contributed by atoms with van der Waals surface area (Å²) in [7, 11) is -0.701. The molecule has 2 aromatic carbocycles. The number of carbonyl (C=O) groups excluding carboxylic acids is 1. The number of ether oxygens (including phenoxy) is 2. The molecule has 25 heavy (non-hydrogen) atoms. The average Bonchev–Trinajstić information content (AvgIpc) is 2.62. The first-order valence-corrected chi connectivity index (χ1v) is 8.99. The van der Waals surface area contributed by atoms with E-state index in [0.717, 1.165) is 0 Å². The summed E-state index contributed by atoms with van der Waals surface area (Å²) in [6.45, 7) is 1.95. The van der Waals surface area contributed by atoms with E-state index in [2.05, 4.69) is 5.32 Å². The van der Waals surface area contributed by atoms with Gasteiger partial charge in [0.2, 0.25) is 0 Å². The molecule has 0 aliphatic heterocycles. The molecule has 7 nitrogen and oxygen atoms in total. The van der Waals surface area contributed by atoms with Crippen LogP contribution in [0.1, 0.15) is 6.92 Å². The second kappa shape index (κ2) is 7.89. The Labute approximate surface area is 147 Å². The molecule has 0 aromatic heterocycles. The van der Waals surface area contributed by atoms with Gasteiger partial charge in [-0.3, -0.25) is 9.62 Å². The SMILES string of the molecule is CCOC(=O)Nc1ccc(S(=O)(=O)N(C)c2ccc(OC)cc2)cc1. The summed E-state index contributed by atoms with van der Waals surface area (Å²) in [6, 6.07) is 12.6. The Bertz CT molecular complexity index is 817. The number of sulfonamides is 1. The van der Waals surface area contributed by atoms with E-state index in [1.165, 1.54) is 35.6 Å². The number of rotatable bonds is 6. The summed E-state index contributed by atoms with van der Waals surface area (Å²) in [5.74, 6) is 0.643. The van der Waals surface area contributed by atoms with Crippen molar-refractivity contribution in [1.82, 2.24) is 0 Å². The molecule has 0 atom stereocenters. The van der Waals surface area contributed by atoms with Crippen LogP contribution in [0.3, 0.4) is 0 Å². The molecule has 0 unspecified atom stereocenters. The van der Waals surface area contributed by atoms with Crippen molar-refractivity contribution in [2.45, 2.75) is 11.8 Å². The monoisotopic (exact) mass is 364 g/mol. The quantitative estimate of drug-likeness (QED) is 0.851. The van der Waals surface area contributed by atoms with Crippen LogP contribution in [0.4, 0.5) is 16.2 Å². The first kappa shape index (κ1) is 18.6. The van der Waals surface area contributed by atoms with Gasteiger partial charge in [0, 0.05) is 12.7 Å². The number of hydrogen-bond donors (Lipinski definition) is 1. The van der Waals surface area contributed by atoms with Crippen LogP contribution in [0.25, 0.3) is 0 Å². The molecule has 1 amide bonds. The van der Waals surface area contributed by atoms with Gasteiger partial charge in [0.15, 0.2) is 0 Å². The molecule has 0 bridgehead atoms. The average molecular weight is 364 g/mol. The topological polar surface area (TPSA) is 84.9 Å². The summed E-state index contributed by atoms with van der Waals surface area (Å²) in [6.07, 6.45) is -0.589. The largest absolute Gasteiger partial charge is 0.497 e. The van der Waals surface area contributed by atoms with Crippen LogP contribution < -0.4 is 14.4 Å². The third-order valence-corrected chi connectivity index (χ3v) is 5.27. The van der Waals surface area contributed by atoms with Crippen LogP contribution in [0.15, 0.2) is 53.4 Å². The number of carbonyl (C=O) groups is 1. The molecule has 2 rings (SSSR count). The summed E-state index contributed by atoms with van der Waals surface area (Å²) in [5.41, 5.74) is 0.957. The third-order valence-electron chi connectivity index (χ3n) is 3.47. The van der Waals surface area contributed by atoms with Crippen molar-refractivity contribution in [3.8, 4) is 5.75 Å². The number of nitrogens with zero attached hydrogens (tertiary/aromatic N) is 1. The maximum Gasteiger partial charge on any atom is 0.411 e. The van der Waals surface area contributed by atoms with Crippen molar-refractivity contribution < 1.29 is 22.7 Å². The minimum atomic E-state index is -3.72. The smallest absolute Gasteiger partial charge is 0.411 e. The van der Waals surface area contributed by atoms with Gasteiger partial charge < -0.3 is 9.47 Å². The molecule has 0 aliphatic rings. The molecule has 2 aromatic rings. The van der Waals surface area contributed by atoms with Crippen LogP contribution in [-0.4, -0.2) is 35.3 Å². The maximum absolute atomic E-state index is 12.7. The Kier molecular flexibility index (Phi) is 5.87. The molecule has 0 fully saturated rings. The van der Waals surface area contributed by atoms with Gasteiger partial charge in [0.1, 0.15) is 5.75 Å². The lowest BCUT2D eigenvalue weighted by Crippen LogP contribution is -2.26. The highest BCUT2D eigenvalue weighted by molar-refractivity contribution is 7.92. The Morgan fingerprint density at radius 3 is 2.20 bits per heavy atom. The van der Waals surface area contributed by atoms with Gasteiger partial charge in [-0.25, -0.2) is 13.2 Å². The van der Waals surface area contributed by atoms with Crippen LogP contribution >= 0.6 is 0 Å².